The van der Waals surface area contributed by atoms with Crippen LogP contribution in [-0.4, -0.2) is 193 Å². The molecule has 0 aromatic heterocycles. The van der Waals surface area contributed by atoms with Crippen molar-refractivity contribution < 1.29 is 89.4 Å². The molecule has 3 heterocycles. The minimum absolute atomic E-state index is 0.234. The minimum Gasteiger partial charge on any atom is -0.394 e. The van der Waals surface area contributed by atoms with E-state index in [0.717, 1.165) is 83.5 Å². The lowest BCUT2D eigenvalue weighted by molar-refractivity contribution is -0.379. The molecule has 117 heavy (non-hydrogen) atoms. The van der Waals surface area contributed by atoms with E-state index in [2.05, 4.69) is 116 Å². The molecular formula is C98H173NO18. The Labute approximate surface area is 710 Å². The van der Waals surface area contributed by atoms with E-state index in [1.54, 1.807) is 6.08 Å². The van der Waals surface area contributed by atoms with Gasteiger partial charge in [-0.05, 0) is 89.9 Å². The molecule has 3 aliphatic rings. The van der Waals surface area contributed by atoms with Gasteiger partial charge < -0.3 is 89.9 Å². The average molecular weight is 1650 g/mol. The number of carbonyl (C=O) groups excluding carboxylic acids is 1. The van der Waals surface area contributed by atoms with Crippen LogP contribution < -0.4 is 5.32 Å². The molecule has 3 saturated heterocycles. The molecule has 19 nitrogen and oxygen atoms in total. The number of aliphatic hydroxyl groups excluding tert-OH is 11. The first-order valence-electron chi connectivity index (χ1n) is 47.6. The van der Waals surface area contributed by atoms with E-state index in [0.29, 0.717) is 12.8 Å². The fraction of sp³-hybridized carbons (Fsp3) is 0.806. The lowest BCUT2D eigenvalue weighted by atomic mass is 9.96. The second-order valence-electron chi connectivity index (χ2n) is 33.4. The first-order valence-corrected chi connectivity index (χ1v) is 47.6. The fourth-order valence-corrected chi connectivity index (χ4v) is 15.5. The molecule has 3 rings (SSSR count). The van der Waals surface area contributed by atoms with E-state index < -0.39 is 124 Å². The number of rotatable bonds is 77. The zero-order chi connectivity index (χ0) is 84.5. The summed E-state index contributed by atoms with van der Waals surface area (Å²) in [5, 5.41) is 121. The predicted octanol–water partition coefficient (Wildman–Crippen LogP) is 19.2. The summed E-state index contributed by atoms with van der Waals surface area (Å²) in [5.41, 5.74) is 0. The predicted molar refractivity (Wildman–Crippen MR) is 475 cm³/mol. The van der Waals surface area contributed by atoms with Crippen molar-refractivity contribution in [1.82, 2.24) is 5.32 Å². The summed E-state index contributed by atoms with van der Waals surface area (Å²) in [7, 11) is 0. The van der Waals surface area contributed by atoms with Crippen molar-refractivity contribution in [2.45, 2.75) is 478 Å². The van der Waals surface area contributed by atoms with Crippen molar-refractivity contribution in [3.63, 3.8) is 0 Å². The molecule has 17 atom stereocenters. The highest BCUT2D eigenvalue weighted by Crippen LogP contribution is 2.34. The van der Waals surface area contributed by atoms with Gasteiger partial charge in [0.2, 0.25) is 5.91 Å². The average Bonchev–Trinajstić information content (AvgIpc) is 0.778. The minimum atomic E-state index is -1.99. The van der Waals surface area contributed by atoms with E-state index in [4.69, 9.17) is 28.4 Å². The quantitative estimate of drug-likeness (QED) is 0.0199. The van der Waals surface area contributed by atoms with Gasteiger partial charge in [-0.15, -0.1) is 0 Å². The molecular weight excluding hydrogens is 1480 g/mol. The Balaban J connectivity index is 1.31. The van der Waals surface area contributed by atoms with Gasteiger partial charge in [0.05, 0.1) is 38.6 Å². The van der Waals surface area contributed by atoms with Gasteiger partial charge >= 0.3 is 0 Å². The van der Waals surface area contributed by atoms with Crippen molar-refractivity contribution in [2.75, 3.05) is 26.4 Å². The molecule has 0 aromatic carbocycles. The van der Waals surface area contributed by atoms with E-state index in [1.165, 1.54) is 257 Å². The Morgan fingerprint density at radius 3 is 0.957 bits per heavy atom. The largest absolute Gasteiger partial charge is 0.394 e. The first kappa shape index (κ1) is 108. The number of allylic oxidation sites excluding steroid dienone is 17. The molecule has 0 bridgehead atoms. The second-order valence-corrected chi connectivity index (χ2v) is 33.4. The maximum Gasteiger partial charge on any atom is 0.220 e. The summed E-state index contributed by atoms with van der Waals surface area (Å²) in [4.78, 5) is 13.5. The van der Waals surface area contributed by atoms with Crippen molar-refractivity contribution >= 4 is 5.91 Å². The van der Waals surface area contributed by atoms with Gasteiger partial charge in [-0.2, -0.15) is 0 Å². The lowest BCUT2D eigenvalue weighted by Gasteiger charge is -2.48. The molecule has 19 heteroatoms. The summed E-state index contributed by atoms with van der Waals surface area (Å²) < 4.78 is 34.5. The lowest BCUT2D eigenvalue weighted by Crippen LogP contribution is -2.66. The van der Waals surface area contributed by atoms with Crippen LogP contribution in [0.1, 0.15) is 373 Å². The summed E-state index contributed by atoms with van der Waals surface area (Å²) >= 11 is 0. The van der Waals surface area contributed by atoms with Crippen LogP contribution in [0.2, 0.25) is 0 Å². The van der Waals surface area contributed by atoms with Crippen molar-refractivity contribution in [3.8, 4) is 0 Å². The smallest absolute Gasteiger partial charge is 0.220 e. The topological polar surface area (TPSA) is 307 Å². The van der Waals surface area contributed by atoms with Gasteiger partial charge in [0.15, 0.2) is 18.9 Å². The van der Waals surface area contributed by atoms with Crippen molar-refractivity contribution in [2.24, 2.45) is 0 Å². The molecule has 3 aliphatic heterocycles. The van der Waals surface area contributed by atoms with Crippen LogP contribution in [-0.2, 0) is 33.2 Å². The Hall–Kier alpha value is -3.55. The molecule has 0 radical (unpaired) electrons. The van der Waals surface area contributed by atoms with Gasteiger partial charge in [0, 0.05) is 6.42 Å². The molecule has 3 fully saturated rings. The van der Waals surface area contributed by atoms with Gasteiger partial charge in [0.1, 0.15) is 73.2 Å². The van der Waals surface area contributed by atoms with Gasteiger partial charge in [0.25, 0.3) is 0 Å². The zero-order valence-electron chi connectivity index (χ0n) is 73.4. The molecule has 0 spiro atoms. The Kier molecular flexibility index (Phi) is 70.0. The van der Waals surface area contributed by atoms with Crippen LogP contribution >= 0.6 is 0 Å². The number of hydrogen-bond acceptors (Lipinski definition) is 18. The molecule has 12 N–H and O–H groups in total. The number of nitrogens with one attached hydrogen (secondary N) is 1. The zero-order valence-corrected chi connectivity index (χ0v) is 73.4. The maximum absolute atomic E-state index is 13.5. The Bertz CT molecular complexity index is 2540. The fourth-order valence-electron chi connectivity index (χ4n) is 15.5. The molecule has 0 saturated carbocycles. The van der Waals surface area contributed by atoms with Crippen LogP contribution in [0.3, 0.4) is 0 Å². The van der Waals surface area contributed by atoms with Gasteiger partial charge in [-0.3, -0.25) is 4.79 Å². The van der Waals surface area contributed by atoms with E-state index in [1.807, 2.05) is 6.08 Å². The van der Waals surface area contributed by atoms with Crippen molar-refractivity contribution in [1.29, 1.82) is 0 Å². The Morgan fingerprint density at radius 1 is 0.316 bits per heavy atom. The number of ether oxygens (including phenoxy) is 6. The van der Waals surface area contributed by atoms with Crippen LogP contribution in [0.15, 0.2) is 109 Å². The third-order valence-corrected chi connectivity index (χ3v) is 23.1. The van der Waals surface area contributed by atoms with Crippen molar-refractivity contribution in [3.05, 3.63) is 109 Å². The number of unbranched alkanes of at least 4 members (excludes halogenated alkanes) is 45. The highest BCUT2D eigenvalue weighted by Gasteiger charge is 2.54. The second kappa shape index (κ2) is 76.1. The molecule has 1 amide bonds. The number of amides is 1. The van der Waals surface area contributed by atoms with Crippen LogP contribution in [0, 0.1) is 0 Å². The SMILES string of the molecule is CC/C=C\C/C=C\C/C=C\C/C=C\C/C=C\C/C=C\C/C=C\CCCCCCCCCCCCCCCCCCCCCC(=O)NC(COC1OC(CO)C(OC2OC(CO)C(OC3OC(CO)C(O)C(O)C3O)C(O)C2O)C(O)C1O)C(O)/C=C/CC/C=C/CCCCCCCCCCCCCCCCCCCCCCCCCCC. The normalized spacial score (nSPS) is 24.9. The number of aliphatic hydroxyl groups is 11. The third kappa shape index (κ3) is 54.0. The number of hydrogen-bond donors (Lipinski definition) is 12. The first-order chi connectivity index (χ1) is 57.3. The monoisotopic (exact) mass is 1650 g/mol. The summed E-state index contributed by atoms with van der Waals surface area (Å²) in [6, 6.07) is -0.997. The summed E-state index contributed by atoms with van der Waals surface area (Å²) in [6.07, 6.45) is 81.1. The molecule has 0 aliphatic carbocycles. The van der Waals surface area contributed by atoms with Gasteiger partial charge in [-0.1, -0.05) is 386 Å². The molecule has 0 aromatic rings. The molecule has 678 valence electrons. The highest BCUT2D eigenvalue weighted by atomic mass is 16.8. The van der Waals surface area contributed by atoms with Crippen LogP contribution in [0.4, 0.5) is 0 Å². The van der Waals surface area contributed by atoms with E-state index >= 15 is 0 Å². The number of carbonyl (C=O) groups is 1. The van der Waals surface area contributed by atoms with Crippen LogP contribution in [0.5, 0.6) is 0 Å². The van der Waals surface area contributed by atoms with E-state index in [-0.39, 0.29) is 18.9 Å². The third-order valence-electron chi connectivity index (χ3n) is 23.1. The maximum atomic E-state index is 13.5. The Morgan fingerprint density at radius 2 is 0.598 bits per heavy atom. The highest BCUT2D eigenvalue weighted by molar-refractivity contribution is 5.76. The summed E-state index contributed by atoms with van der Waals surface area (Å²) in [6.45, 7) is 1.65. The molecule has 17 unspecified atom stereocenters. The van der Waals surface area contributed by atoms with Gasteiger partial charge in [-0.25, -0.2) is 0 Å². The van der Waals surface area contributed by atoms with Crippen LogP contribution in [0.25, 0.3) is 0 Å². The summed E-state index contributed by atoms with van der Waals surface area (Å²) in [5.74, 6) is -0.282. The standard InChI is InChI=1S/C98H173NO18/c1-3-5-7-9-11-13-15-17-19-21-23-25-27-29-31-33-35-36-37-38-39-40-41-42-43-44-46-48-50-52-54-56-58-60-62-64-66-68-70-72-74-76-86(104)99-81(82(103)75-73-71-69-67-65-63-61-59-57-55-53-51-49-47-45-34-32-30-28-26-24-22-20-18-16-14-12-10-8-6-4-2)80-112-96-92(110)89(107)94(84(78-101)114-96)117-98-93(111)90(108)95(85(79-102)115-98)116-97-91(109)88(106)87(105)83(77-100)113-97/h5,7,11,13,17,19,23,25,29,31,35-36,38-39,65,67,73,75,81-85,87-98,100-103,105-111H,3-4,6,8-10,12,14-16,18,20-22,24,26-28,30,32-34,37,40-64,66,68-72,74,76-80H2,1-2H3,(H,99,104)/b7-5-,13-11-,19-17-,25-23-,31-29-,36-35-,39-38-,67-65+,75-73+. The van der Waals surface area contributed by atoms with E-state index in [9.17, 15) is 61.0 Å².